The molecule has 1 aromatic carbocycles. The average molecular weight is 375 g/mol. The van der Waals surface area contributed by atoms with Crippen molar-refractivity contribution >= 4 is 39.1 Å². The number of carbonyl (C=O) groups is 1. The quantitative estimate of drug-likeness (QED) is 0.747. The Balaban J connectivity index is 1.77. The maximum atomic E-state index is 13.0. The van der Waals surface area contributed by atoms with Gasteiger partial charge in [-0.1, -0.05) is 23.7 Å². The predicted octanol–water partition coefficient (Wildman–Crippen LogP) is 3.48. The molecule has 4 rings (SSSR count). The monoisotopic (exact) mass is 374 g/mol. The Hall–Kier alpha value is -1.89. The van der Waals surface area contributed by atoms with Crippen LogP contribution in [0.1, 0.15) is 22.3 Å². The fourth-order valence-electron chi connectivity index (χ4n) is 3.22. The average Bonchev–Trinajstić information content (AvgIpc) is 3.16. The summed E-state index contributed by atoms with van der Waals surface area (Å²) in [6.45, 7) is 6.46. The van der Waals surface area contributed by atoms with E-state index in [9.17, 15) is 4.79 Å². The number of amides is 1. The Morgan fingerprint density at radius 3 is 2.96 bits per heavy atom. The summed E-state index contributed by atoms with van der Waals surface area (Å²) in [5.41, 5.74) is 1.73. The number of para-hydroxylation sites is 1. The van der Waals surface area contributed by atoms with Crippen LogP contribution >= 0.6 is 22.9 Å². The Bertz CT molecular complexity index is 948. The molecule has 5 nitrogen and oxygen atoms in total. The first-order valence-electron chi connectivity index (χ1n) is 8.32. The number of piperazine rings is 1. The zero-order valence-corrected chi connectivity index (χ0v) is 15.7. The Morgan fingerprint density at radius 1 is 1.40 bits per heavy atom. The highest BCUT2D eigenvalue weighted by atomic mass is 35.5. The Morgan fingerprint density at radius 2 is 2.20 bits per heavy atom. The molecule has 25 heavy (non-hydrogen) atoms. The maximum absolute atomic E-state index is 13.0. The van der Waals surface area contributed by atoms with Gasteiger partial charge in [-0.05, 0) is 32.0 Å². The number of fused-ring (bicyclic) bond motifs is 1. The standard InChI is InChI=1S/C18H19ClN4OS/c1-11-10-20-7-8-22(11)17(24)16-9-13-12(2)21-23(18(13)25-16)15-6-4-3-5-14(15)19/h3-6,9,11,20H,7-8,10H2,1-2H3. The molecule has 3 heterocycles. The molecule has 0 radical (unpaired) electrons. The van der Waals surface area contributed by atoms with Crippen LogP contribution in [-0.2, 0) is 0 Å². The first kappa shape index (κ1) is 16.6. The van der Waals surface area contributed by atoms with Gasteiger partial charge in [0, 0.05) is 31.1 Å². The fourth-order valence-corrected chi connectivity index (χ4v) is 4.57. The SMILES string of the molecule is Cc1nn(-c2ccccc2Cl)c2sc(C(=O)N3CCNCC3C)cc12. The summed E-state index contributed by atoms with van der Waals surface area (Å²) in [7, 11) is 0. The maximum Gasteiger partial charge on any atom is 0.264 e. The second-order valence-corrected chi connectivity index (χ2v) is 7.77. The van der Waals surface area contributed by atoms with E-state index in [4.69, 9.17) is 11.6 Å². The molecule has 0 spiro atoms. The molecular weight excluding hydrogens is 356 g/mol. The second kappa shape index (κ2) is 6.44. The molecule has 3 aromatic rings. The molecule has 1 N–H and O–H groups in total. The van der Waals surface area contributed by atoms with E-state index in [0.717, 1.165) is 46.1 Å². The van der Waals surface area contributed by atoms with E-state index >= 15 is 0 Å². The van der Waals surface area contributed by atoms with Gasteiger partial charge in [0.2, 0.25) is 0 Å². The van der Waals surface area contributed by atoms with Gasteiger partial charge in [0.1, 0.15) is 4.83 Å². The first-order valence-corrected chi connectivity index (χ1v) is 9.51. The molecule has 1 unspecified atom stereocenters. The summed E-state index contributed by atoms with van der Waals surface area (Å²) in [6, 6.07) is 9.79. The highest BCUT2D eigenvalue weighted by Crippen LogP contribution is 2.33. The van der Waals surface area contributed by atoms with Crippen LogP contribution < -0.4 is 5.32 Å². The van der Waals surface area contributed by atoms with Crippen molar-refractivity contribution in [2.45, 2.75) is 19.9 Å². The number of halogens is 1. The van der Waals surface area contributed by atoms with Crippen molar-refractivity contribution in [1.29, 1.82) is 0 Å². The lowest BCUT2D eigenvalue weighted by Crippen LogP contribution is -2.52. The summed E-state index contributed by atoms with van der Waals surface area (Å²) in [4.78, 5) is 16.6. The molecule has 0 saturated carbocycles. The van der Waals surface area contributed by atoms with E-state index < -0.39 is 0 Å². The van der Waals surface area contributed by atoms with Gasteiger partial charge in [-0.15, -0.1) is 11.3 Å². The number of hydrogen-bond acceptors (Lipinski definition) is 4. The van der Waals surface area contributed by atoms with Gasteiger partial charge in [0.05, 0.1) is 21.3 Å². The summed E-state index contributed by atoms with van der Waals surface area (Å²) < 4.78 is 1.84. The van der Waals surface area contributed by atoms with Crippen molar-refractivity contribution in [3.63, 3.8) is 0 Å². The highest BCUT2D eigenvalue weighted by molar-refractivity contribution is 7.20. The molecular formula is C18H19ClN4OS. The van der Waals surface area contributed by atoms with Gasteiger partial charge >= 0.3 is 0 Å². The van der Waals surface area contributed by atoms with Crippen molar-refractivity contribution in [2.24, 2.45) is 0 Å². The van der Waals surface area contributed by atoms with Crippen LogP contribution in [0.5, 0.6) is 0 Å². The molecule has 7 heteroatoms. The van der Waals surface area contributed by atoms with Crippen LogP contribution in [0.4, 0.5) is 0 Å². The van der Waals surface area contributed by atoms with Crippen LogP contribution in [0.25, 0.3) is 15.9 Å². The Kier molecular flexibility index (Phi) is 4.27. The third-order valence-corrected chi connectivity index (χ3v) is 6.02. The zero-order valence-electron chi connectivity index (χ0n) is 14.1. The second-order valence-electron chi connectivity index (χ2n) is 6.33. The first-order chi connectivity index (χ1) is 12.1. The minimum Gasteiger partial charge on any atom is -0.333 e. The van der Waals surface area contributed by atoms with Gasteiger partial charge in [-0.2, -0.15) is 5.10 Å². The fraction of sp³-hybridized carbons (Fsp3) is 0.333. The summed E-state index contributed by atoms with van der Waals surface area (Å²) in [5, 5.41) is 9.59. The summed E-state index contributed by atoms with van der Waals surface area (Å²) in [6.07, 6.45) is 0. The van der Waals surface area contributed by atoms with Crippen molar-refractivity contribution in [3.05, 3.63) is 45.9 Å². The lowest BCUT2D eigenvalue weighted by atomic mass is 10.2. The third kappa shape index (κ3) is 2.84. The molecule has 1 saturated heterocycles. The molecule has 1 amide bonds. The van der Waals surface area contributed by atoms with E-state index in [2.05, 4.69) is 17.3 Å². The van der Waals surface area contributed by atoms with Crippen molar-refractivity contribution in [3.8, 4) is 5.69 Å². The number of carbonyl (C=O) groups excluding carboxylic acids is 1. The lowest BCUT2D eigenvalue weighted by molar-refractivity contribution is 0.0661. The number of nitrogens with zero attached hydrogens (tertiary/aromatic N) is 3. The molecule has 130 valence electrons. The number of aromatic nitrogens is 2. The van der Waals surface area contributed by atoms with Gasteiger partial charge in [-0.25, -0.2) is 4.68 Å². The molecule has 1 aliphatic rings. The third-order valence-electron chi connectivity index (χ3n) is 4.60. The van der Waals surface area contributed by atoms with Gasteiger partial charge in [-0.3, -0.25) is 4.79 Å². The van der Waals surface area contributed by atoms with Gasteiger partial charge in [0.25, 0.3) is 5.91 Å². The van der Waals surface area contributed by atoms with Crippen molar-refractivity contribution in [1.82, 2.24) is 20.0 Å². The Labute approximate surface area is 155 Å². The van der Waals surface area contributed by atoms with Crippen molar-refractivity contribution < 1.29 is 4.79 Å². The van der Waals surface area contributed by atoms with E-state index in [-0.39, 0.29) is 11.9 Å². The van der Waals surface area contributed by atoms with Crippen LogP contribution in [-0.4, -0.2) is 46.3 Å². The summed E-state index contributed by atoms with van der Waals surface area (Å²) >= 11 is 7.82. The number of aryl methyl sites for hydroxylation is 1. The van der Waals surface area contributed by atoms with Crippen molar-refractivity contribution in [2.75, 3.05) is 19.6 Å². The number of hydrogen-bond donors (Lipinski definition) is 1. The topological polar surface area (TPSA) is 50.2 Å². The predicted molar refractivity (Wildman–Crippen MR) is 102 cm³/mol. The number of nitrogens with one attached hydrogen (secondary N) is 1. The number of benzene rings is 1. The molecule has 1 fully saturated rings. The molecule has 1 atom stereocenters. The van der Waals surface area contributed by atoms with Crippen LogP contribution in [0.15, 0.2) is 30.3 Å². The van der Waals surface area contributed by atoms with Gasteiger partial charge < -0.3 is 10.2 Å². The smallest absolute Gasteiger partial charge is 0.264 e. The van der Waals surface area contributed by atoms with Crippen LogP contribution in [0.3, 0.4) is 0 Å². The highest BCUT2D eigenvalue weighted by Gasteiger charge is 2.26. The summed E-state index contributed by atoms with van der Waals surface area (Å²) in [5.74, 6) is 0.0975. The molecule has 0 bridgehead atoms. The molecule has 1 aliphatic heterocycles. The van der Waals surface area contributed by atoms with Gasteiger partial charge in [0.15, 0.2) is 0 Å². The van der Waals surface area contributed by atoms with E-state index in [0.29, 0.717) is 5.02 Å². The van der Waals surface area contributed by atoms with Crippen LogP contribution in [0, 0.1) is 6.92 Å². The molecule has 2 aromatic heterocycles. The minimum atomic E-state index is 0.0975. The number of rotatable bonds is 2. The lowest BCUT2D eigenvalue weighted by Gasteiger charge is -2.33. The minimum absolute atomic E-state index is 0.0975. The van der Waals surface area contributed by atoms with E-state index in [1.807, 2.05) is 46.8 Å². The largest absolute Gasteiger partial charge is 0.333 e. The van der Waals surface area contributed by atoms with Crippen LogP contribution in [0.2, 0.25) is 5.02 Å². The van der Waals surface area contributed by atoms with E-state index in [1.165, 1.54) is 11.3 Å². The normalized spacial score (nSPS) is 18.0. The van der Waals surface area contributed by atoms with E-state index in [1.54, 1.807) is 0 Å². The zero-order chi connectivity index (χ0) is 17.6. The molecule has 0 aliphatic carbocycles. The number of thiophene rings is 1.